The number of benzene rings is 1. The molecular weight excluding hydrogens is 192 g/mol. The molecule has 1 N–H and O–H groups in total. The third-order valence-corrected chi connectivity index (χ3v) is 2.58. The number of hydrogen-bond acceptors (Lipinski definition) is 2. The number of rotatable bonds is 4. The number of carboxylic acids is 1. The van der Waals surface area contributed by atoms with Crippen LogP contribution in [0.3, 0.4) is 0 Å². The second-order valence-electron chi connectivity index (χ2n) is 3.77. The van der Waals surface area contributed by atoms with Gasteiger partial charge in [0.2, 0.25) is 0 Å². The normalized spacial score (nSPS) is 15.0. The first-order valence-corrected chi connectivity index (χ1v) is 5.22. The predicted octanol–water partition coefficient (Wildman–Crippen LogP) is 2.66. The molecule has 1 fully saturated rings. The number of aromatic carboxylic acids is 1. The molecule has 0 aliphatic heterocycles. The second kappa shape index (κ2) is 3.93. The van der Waals surface area contributed by atoms with Crippen molar-refractivity contribution in [2.75, 3.05) is 6.61 Å². The summed E-state index contributed by atoms with van der Waals surface area (Å²) >= 11 is 0. The van der Waals surface area contributed by atoms with Crippen molar-refractivity contribution in [1.82, 2.24) is 0 Å². The van der Waals surface area contributed by atoms with E-state index in [9.17, 15) is 4.79 Å². The highest BCUT2D eigenvalue weighted by atomic mass is 16.5. The van der Waals surface area contributed by atoms with Crippen molar-refractivity contribution in [3.63, 3.8) is 0 Å². The van der Waals surface area contributed by atoms with Gasteiger partial charge in [-0.05, 0) is 43.4 Å². The molecule has 2 rings (SSSR count). The highest BCUT2D eigenvalue weighted by Gasteiger charge is 2.25. The molecule has 1 aliphatic carbocycles. The van der Waals surface area contributed by atoms with E-state index >= 15 is 0 Å². The molecule has 0 aromatic heterocycles. The average Bonchev–Trinajstić information content (AvgIpc) is 3.01. The first-order chi connectivity index (χ1) is 7.22. The monoisotopic (exact) mass is 206 g/mol. The Hall–Kier alpha value is -1.51. The molecule has 3 heteroatoms. The lowest BCUT2D eigenvalue weighted by Crippen LogP contribution is -2.03. The van der Waals surface area contributed by atoms with Gasteiger partial charge in [-0.3, -0.25) is 0 Å². The Morgan fingerprint density at radius 1 is 1.53 bits per heavy atom. The summed E-state index contributed by atoms with van der Waals surface area (Å²) in [5, 5.41) is 8.96. The number of carbonyl (C=O) groups is 1. The molecule has 0 unspecified atom stereocenters. The third-order valence-electron chi connectivity index (χ3n) is 2.58. The lowest BCUT2D eigenvalue weighted by Gasteiger charge is -2.08. The van der Waals surface area contributed by atoms with Crippen LogP contribution >= 0.6 is 0 Å². The maximum absolute atomic E-state index is 10.9. The zero-order valence-corrected chi connectivity index (χ0v) is 8.69. The van der Waals surface area contributed by atoms with Gasteiger partial charge in [0, 0.05) is 0 Å². The molecule has 3 nitrogen and oxygen atoms in total. The van der Waals surface area contributed by atoms with Crippen LogP contribution in [0.2, 0.25) is 0 Å². The lowest BCUT2D eigenvalue weighted by molar-refractivity contribution is 0.0692. The van der Waals surface area contributed by atoms with E-state index < -0.39 is 5.97 Å². The van der Waals surface area contributed by atoms with Crippen LogP contribution in [0, 0.1) is 0 Å². The van der Waals surface area contributed by atoms with Crippen LogP contribution in [0.1, 0.15) is 41.6 Å². The molecule has 15 heavy (non-hydrogen) atoms. The minimum atomic E-state index is -0.930. The maximum Gasteiger partial charge on any atom is 0.339 e. The summed E-state index contributed by atoms with van der Waals surface area (Å²) in [7, 11) is 0. The summed E-state index contributed by atoms with van der Waals surface area (Å²) in [6, 6.07) is 5.40. The summed E-state index contributed by atoms with van der Waals surface area (Å²) in [6.07, 6.45) is 2.41. The maximum atomic E-state index is 10.9. The number of ether oxygens (including phenoxy) is 1. The lowest BCUT2D eigenvalue weighted by atomic mass is 10.1. The van der Waals surface area contributed by atoms with E-state index in [4.69, 9.17) is 9.84 Å². The van der Waals surface area contributed by atoms with Crippen LogP contribution in [0.15, 0.2) is 18.2 Å². The Morgan fingerprint density at radius 2 is 2.27 bits per heavy atom. The van der Waals surface area contributed by atoms with Crippen LogP contribution in [-0.2, 0) is 0 Å². The van der Waals surface area contributed by atoms with E-state index in [-0.39, 0.29) is 5.56 Å². The van der Waals surface area contributed by atoms with Crippen LogP contribution < -0.4 is 4.74 Å². The van der Waals surface area contributed by atoms with Gasteiger partial charge in [0.25, 0.3) is 0 Å². The highest BCUT2D eigenvalue weighted by Crippen LogP contribution is 2.41. The van der Waals surface area contributed by atoms with Crippen LogP contribution in [-0.4, -0.2) is 17.7 Å². The zero-order chi connectivity index (χ0) is 10.8. The second-order valence-corrected chi connectivity index (χ2v) is 3.77. The van der Waals surface area contributed by atoms with Gasteiger partial charge in [0.05, 0.1) is 6.61 Å². The quantitative estimate of drug-likeness (QED) is 0.823. The Bertz CT molecular complexity index is 380. The summed E-state index contributed by atoms with van der Waals surface area (Å²) in [5.74, 6) is 0.183. The molecule has 1 aliphatic rings. The van der Waals surface area contributed by atoms with Gasteiger partial charge in [0.15, 0.2) is 0 Å². The van der Waals surface area contributed by atoms with Crippen molar-refractivity contribution in [2.24, 2.45) is 0 Å². The van der Waals surface area contributed by atoms with Crippen molar-refractivity contribution in [1.29, 1.82) is 0 Å². The fourth-order valence-corrected chi connectivity index (χ4v) is 1.66. The average molecular weight is 206 g/mol. The van der Waals surface area contributed by atoms with E-state index in [0.29, 0.717) is 18.3 Å². The van der Waals surface area contributed by atoms with E-state index in [2.05, 4.69) is 0 Å². The smallest absolute Gasteiger partial charge is 0.339 e. The molecule has 0 saturated heterocycles. The molecule has 0 atom stereocenters. The third kappa shape index (κ3) is 2.12. The largest absolute Gasteiger partial charge is 0.493 e. The van der Waals surface area contributed by atoms with Gasteiger partial charge in [-0.15, -0.1) is 0 Å². The number of carboxylic acid groups (broad SMARTS) is 1. The predicted molar refractivity (Wildman–Crippen MR) is 56.5 cm³/mol. The number of hydrogen-bond donors (Lipinski definition) is 1. The van der Waals surface area contributed by atoms with Crippen LogP contribution in [0.25, 0.3) is 0 Å². The van der Waals surface area contributed by atoms with Gasteiger partial charge >= 0.3 is 5.97 Å². The molecule has 0 radical (unpaired) electrons. The van der Waals surface area contributed by atoms with Gasteiger partial charge in [-0.1, -0.05) is 6.07 Å². The molecule has 80 valence electrons. The summed E-state index contributed by atoms with van der Waals surface area (Å²) < 4.78 is 5.34. The molecule has 0 spiro atoms. The minimum Gasteiger partial charge on any atom is -0.493 e. The standard InChI is InChI=1S/C12H14O3/c1-2-15-11-7-9(8-3-4-8)5-6-10(11)12(13)14/h5-8H,2-4H2,1H3,(H,13,14). The Balaban J connectivity index is 2.34. The van der Waals surface area contributed by atoms with Gasteiger partial charge < -0.3 is 9.84 Å². The molecule has 1 aromatic rings. The van der Waals surface area contributed by atoms with Crippen molar-refractivity contribution in [3.05, 3.63) is 29.3 Å². The van der Waals surface area contributed by atoms with Gasteiger partial charge in [-0.2, -0.15) is 0 Å². The topological polar surface area (TPSA) is 46.5 Å². The summed E-state index contributed by atoms with van der Waals surface area (Å²) in [5.41, 5.74) is 1.45. The molecule has 0 amide bonds. The zero-order valence-electron chi connectivity index (χ0n) is 8.69. The molecule has 0 heterocycles. The van der Waals surface area contributed by atoms with Gasteiger partial charge in [-0.25, -0.2) is 4.79 Å². The van der Waals surface area contributed by atoms with Gasteiger partial charge in [0.1, 0.15) is 11.3 Å². The fourth-order valence-electron chi connectivity index (χ4n) is 1.66. The highest BCUT2D eigenvalue weighted by molar-refractivity contribution is 5.91. The van der Waals surface area contributed by atoms with Crippen molar-refractivity contribution in [2.45, 2.75) is 25.7 Å². The van der Waals surface area contributed by atoms with Crippen LogP contribution in [0.4, 0.5) is 0 Å². The van der Waals surface area contributed by atoms with E-state index in [0.717, 1.165) is 0 Å². The Kier molecular flexibility index (Phi) is 2.62. The Morgan fingerprint density at radius 3 is 2.80 bits per heavy atom. The SMILES string of the molecule is CCOc1cc(C2CC2)ccc1C(=O)O. The van der Waals surface area contributed by atoms with Crippen molar-refractivity contribution < 1.29 is 14.6 Å². The van der Waals surface area contributed by atoms with Crippen LogP contribution in [0.5, 0.6) is 5.75 Å². The summed E-state index contributed by atoms with van der Waals surface area (Å²) in [6.45, 7) is 2.35. The van der Waals surface area contributed by atoms with Crippen molar-refractivity contribution in [3.8, 4) is 5.75 Å². The molecular formula is C12H14O3. The van der Waals surface area contributed by atoms with E-state index in [1.54, 1.807) is 6.07 Å². The minimum absolute atomic E-state index is 0.251. The Labute approximate surface area is 88.7 Å². The first kappa shape index (κ1) is 10.0. The fraction of sp³-hybridized carbons (Fsp3) is 0.417. The van der Waals surface area contributed by atoms with E-state index in [1.807, 2.05) is 19.1 Å². The molecule has 1 aromatic carbocycles. The molecule has 1 saturated carbocycles. The first-order valence-electron chi connectivity index (χ1n) is 5.22. The van der Waals surface area contributed by atoms with E-state index in [1.165, 1.54) is 18.4 Å². The van der Waals surface area contributed by atoms with Crippen molar-refractivity contribution >= 4 is 5.97 Å². The summed E-state index contributed by atoms with van der Waals surface area (Å²) in [4.78, 5) is 10.9. The molecule has 0 bridgehead atoms.